The highest BCUT2D eigenvalue weighted by Gasteiger charge is 2.23. The molecule has 2 heterocycles. The molecule has 3 rings (SSSR count). The van der Waals surface area contributed by atoms with Gasteiger partial charge in [0, 0.05) is 25.2 Å². The molecular formula is C13H17NO3. The Hall–Kier alpha value is -1.26. The molecule has 0 aliphatic carbocycles. The fourth-order valence-corrected chi connectivity index (χ4v) is 2.46. The van der Waals surface area contributed by atoms with Crippen LogP contribution in [0.1, 0.15) is 12.0 Å². The molecular weight excluding hydrogens is 218 g/mol. The van der Waals surface area contributed by atoms with Gasteiger partial charge in [0.2, 0.25) is 0 Å². The van der Waals surface area contributed by atoms with Gasteiger partial charge in [-0.1, -0.05) is 12.1 Å². The fourth-order valence-electron chi connectivity index (χ4n) is 2.46. The maximum atomic E-state index is 9.52. The Morgan fingerprint density at radius 3 is 3.00 bits per heavy atom. The lowest BCUT2D eigenvalue weighted by Gasteiger charge is -2.23. The first-order valence-electron chi connectivity index (χ1n) is 6.11. The smallest absolute Gasteiger partial charge is 0.165 e. The van der Waals surface area contributed by atoms with Crippen LogP contribution in [0.5, 0.6) is 11.5 Å². The minimum Gasteiger partial charge on any atom is -0.486 e. The van der Waals surface area contributed by atoms with E-state index in [4.69, 9.17) is 9.47 Å². The first kappa shape index (κ1) is 10.9. The molecule has 0 bridgehead atoms. The quantitative estimate of drug-likeness (QED) is 0.831. The maximum absolute atomic E-state index is 9.52. The van der Waals surface area contributed by atoms with Gasteiger partial charge in [-0.15, -0.1) is 0 Å². The molecule has 0 saturated carbocycles. The number of ether oxygens (including phenoxy) is 2. The van der Waals surface area contributed by atoms with E-state index in [2.05, 4.69) is 11.0 Å². The van der Waals surface area contributed by atoms with Gasteiger partial charge in [0.15, 0.2) is 11.5 Å². The van der Waals surface area contributed by atoms with E-state index in [1.165, 1.54) is 0 Å². The normalized spacial score (nSPS) is 23.9. The second kappa shape index (κ2) is 4.55. The molecule has 0 radical (unpaired) electrons. The van der Waals surface area contributed by atoms with E-state index in [0.29, 0.717) is 13.2 Å². The summed E-state index contributed by atoms with van der Waals surface area (Å²) < 4.78 is 11.2. The minimum atomic E-state index is -0.174. The molecule has 0 aromatic heterocycles. The van der Waals surface area contributed by atoms with Crippen molar-refractivity contribution < 1.29 is 14.6 Å². The molecule has 1 aromatic carbocycles. The summed E-state index contributed by atoms with van der Waals surface area (Å²) in [6, 6.07) is 6.00. The molecule has 1 N–H and O–H groups in total. The molecule has 2 aliphatic heterocycles. The number of para-hydroxylation sites is 1. The molecule has 4 nitrogen and oxygen atoms in total. The Kier molecular flexibility index (Phi) is 2.91. The minimum absolute atomic E-state index is 0.174. The third kappa shape index (κ3) is 2.23. The number of nitrogens with zero attached hydrogens (tertiary/aromatic N) is 1. The van der Waals surface area contributed by atoms with Crippen LogP contribution in [0.25, 0.3) is 0 Å². The van der Waals surface area contributed by atoms with E-state index in [0.717, 1.165) is 43.1 Å². The molecule has 1 fully saturated rings. The topological polar surface area (TPSA) is 41.9 Å². The van der Waals surface area contributed by atoms with Crippen molar-refractivity contribution in [2.24, 2.45) is 0 Å². The number of hydrogen-bond donors (Lipinski definition) is 1. The Morgan fingerprint density at radius 2 is 2.18 bits per heavy atom. The van der Waals surface area contributed by atoms with E-state index in [9.17, 15) is 5.11 Å². The zero-order valence-electron chi connectivity index (χ0n) is 9.76. The summed E-state index contributed by atoms with van der Waals surface area (Å²) in [6.45, 7) is 3.77. The average molecular weight is 235 g/mol. The van der Waals surface area contributed by atoms with Crippen LogP contribution in [-0.2, 0) is 6.54 Å². The molecule has 1 atom stereocenters. The predicted molar refractivity (Wildman–Crippen MR) is 63.3 cm³/mol. The van der Waals surface area contributed by atoms with E-state index in [1.54, 1.807) is 0 Å². The van der Waals surface area contributed by atoms with Crippen molar-refractivity contribution in [1.29, 1.82) is 0 Å². The summed E-state index contributed by atoms with van der Waals surface area (Å²) in [7, 11) is 0. The second-order valence-electron chi connectivity index (χ2n) is 4.62. The van der Waals surface area contributed by atoms with Crippen LogP contribution in [0.4, 0.5) is 0 Å². The molecule has 1 aromatic rings. The fraction of sp³-hybridized carbons (Fsp3) is 0.538. The lowest BCUT2D eigenvalue weighted by molar-refractivity contribution is 0.162. The molecule has 17 heavy (non-hydrogen) atoms. The number of benzene rings is 1. The van der Waals surface area contributed by atoms with Crippen molar-refractivity contribution in [3.63, 3.8) is 0 Å². The Morgan fingerprint density at radius 1 is 1.29 bits per heavy atom. The molecule has 0 spiro atoms. The lowest BCUT2D eigenvalue weighted by atomic mass is 10.1. The van der Waals surface area contributed by atoms with E-state index >= 15 is 0 Å². The third-order valence-electron chi connectivity index (χ3n) is 3.29. The second-order valence-corrected chi connectivity index (χ2v) is 4.62. The first-order valence-corrected chi connectivity index (χ1v) is 6.11. The van der Waals surface area contributed by atoms with Gasteiger partial charge >= 0.3 is 0 Å². The highest BCUT2D eigenvalue weighted by molar-refractivity contribution is 5.47. The Labute approximate surface area is 101 Å². The van der Waals surface area contributed by atoms with Gasteiger partial charge in [-0.25, -0.2) is 0 Å². The largest absolute Gasteiger partial charge is 0.486 e. The number of likely N-dealkylation sites (tertiary alicyclic amines) is 1. The number of aliphatic hydroxyl groups is 1. The van der Waals surface area contributed by atoms with Crippen LogP contribution >= 0.6 is 0 Å². The SMILES string of the molecule is O[C@H]1CCN(Cc2cccc3c2OCCO3)C1. The van der Waals surface area contributed by atoms with Crippen molar-refractivity contribution in [3.05, 3.63) is 23.8 Å². The van der Waals surface area contributed by atoms with Crippen molar-refractivity contribution >= 4 is 0 Å². The summed E-state index contributed by atoms with van der Waals surface area (Å²) in [5.74, 6) is 1.72. The number of β-amino-alcohol motifs (C(OH)–C–C–N with tert-alkyl or cyclic N) is 1. The summed E-state index contributed by atoms with van der Waals surface area (Å²) in [5.41, 5.74) is 1.15. The van der Waals surface area contributed by atoms with E-state index in [1.807, 2.05) is 12.1 Å². The van der Waals surface area contributed by atoms with Gasteiger partial charge in [-0.2, -0.15) is 0 Å². The third-order valence-corrected chi connectivity index (χ3v) is 3.29. The summed E-state index contributed by atoms with van der Waals surface area (Å²) >= 11 is 0. The van der Waals surface area contributed by atoms with Crippen molar-refractivity contribution in [1.82, 2.24) is 4.90 Å². The van der Waals surface area contributed by atoms with E-state index in [-0.39, 0.29) is 6.10 Å². The van der Waals surface area contributed by atoms with Gasteiger partial charge in [0.05, 0.1) is 6.10 Å². The zero-order valence-corrected chi connectivity index (χ0v) is 9.76. The number of hydrogen-bond acceptors (Lipinski definition) is 4. The first-order chi connectivity index (χ1) is 8.33. The summed E-state index contributed by atoms with van der Waals surface area (Å²) in [4.78, 5) is 2.25. The van der Waals surface area contributed by atoms with Crippen molar-refractivity contribution in [2.45, 2.75) is 19.1 Å². The number of fused-ring (bicyclic) bond motifs is 1. The van der Waals surface area contributed by atoms with Crippen LogP contribution in [0.15, 0.2) is 18.2 Å². The van der Waals surface area contributed by atoms with Crippen LogP contribution in [-0.4, -0.2) is 42.4 Å². The van der Waals surface area contributed by atoms with Gasteiger partial charge < -0.3 is 14.6 Å². The molecule has 1 saturated heterocycles. The van der Waals surface area contributed by atoms with E-state index < -0.39 is 0 Å². The summed E-state index contributed by atoms with van der Waals surface area (Å²) in [5, 5.41) is 9.52. The molecule has 0 amide bonds. The van der Waals surface area contributed by atoms with Crippen molar-refractivity contribution in [3.8, 4) is 11.5 Å². The number of rotatable bonds is 2. The molecule has 2 aliphatic rings. The lowest BCUT2D eigenvalue weighted by Crippen LogP contribution is -2.23. The molecule has 0 unspecified atom stereocenters. The summed E-state index contributed by atoms with van der Waals surface area (Å²) in [6.07, 6.45) is 0.693. The standard InChI is InChI=1S/C13H17NO3/c15-11-4-5-14(9-11)8-10-2-1-3-12-13(10)17-7-6-16-12/h1-3,11,15H,4-9H2/t11-/m0/s1. The Bertz CT molecular complexity index is 408. The van der Waals surface area contributed by atoms with Gasteiger partial charge in [-0.05, 0) is 12.5 Å². The molecule has 92 valence electrons. The highest BCUT2D eigenvalue weighted by Crippen LogP contribution is 2.34. The van der Waals surface area contributed by atoms with Gasteiger partial charge in [0.1, 0.15) is 13.2 Å². The van der Waals surface area contributed by atoms with Crippen molar-refractivity contribution in [2.75, 3.05) is 26.3 Å². The van der Waals surface area contributed by atoms with Crippen LogP contribution in [0.3, 0.4) is 0 Å². The van der Waals surface area contributed by atoms with Crippen LogP contribution in [0, 0.1) is 0 Å². The predicted octanol–water partition coefficient (Wildman–Crippen LogP) is 1.02. The zero-order chi connectivity index (χ0) is 11.7. The Balaban J connectivity index is 1.78. The van der Waals surface area contributed by atoms with Gasteiger partial charge in [0.25, 0.3) is 0 Å². The van der Waals surface area contributed by atoms with Crippen LogP contribution in [0.2, 0.25) is 0 Å². The molecule has 4 heteroatoms. The average Bonchev–Trinajstić information content (AvgIpc) is 2.75. The highest BCUT2D eigenvalue weighted by atomic mass is 16.6. The van der Waals surface area contributed by atoms with Crippen LogP contribution < -0.4 is 9.47 Å². The monoisotopic (exact) mass is 235 g/mol. The van der Waals surface area contributed by atoms with Gasteiger partial charge in [-0.3, -0.25) is 4.90 Å². The number of aliphatic hydroxyl groups excluding tert-OH is 1. The maximum Gasteiger partial charge on any atom is 0.165 e.